The van der Waals surface area contributed by atoms with Gasteiger partial charge in [-0.3, -0.25) is 9.36 Å². The van der Waals surface area contributed by atoms with Crippen LogP contribution < -0.4 is 5.56 Å². The molecule has 5 nitrogen and oxygen atoms in total. The molecule has 3 aromatic rings. The van der Waals surface area contributed by atoms with Gasteiger partial charge in [0.1, 0.15) is 15.5 Å². The van der Waals surface area contributed by atoms with E-state index >= 15 is 0 Å². The highest BCUT2D eigenvalue weighted by Gasteiger charge is 2.19. The lowest BCUT2D eigenvalue weighted by Crippen LogP contribution is -2.24. The highest BCUT2D eigenvalue weighted by atomic mass is 32.1. The summed E-state index contributed by atoms with van der Waals surface area (Å²) < 4.78 is 1.65. The number of nitrogens with zero attached hydrogens (tertiary/aromatic N) is 2. The lowest BCUT2D eigenvalue weighted by Gasteiger charge is -2.09. The molecule has 0 unspecified atom stereocenters. The van der Waals surface area contributed by atoms with Crippen molar-refractivity contribution in [1.29, 1.82) is 0 Å². The molecule has 0 aliphatic carbocycles. The summed E-state index contributed by atoms with van der Waals surface area (Å²) in [4.78, 5) is 29.2. The van der Waals surface area contributed by atoms with E-state index in [0.717, 1.165) is 24.2 Å². The lowest BCUT2D eigenvalue weighted by atomic mass is 10.1. The number of carbonyl (C=O) groups is 1. The average Bonchev–Trinajstić information content (AvgIpc) is 2.88. The molecule has 24 heavy (non-hydrogen) atoms. The molecule has 0 aliphatic heterocycles. The number of fused-ring (bicyclic) bond motifs is 1. The molecular formula is C18H18N2O3S. The van der Waals surface area contributed by atoms with Crippen molar-refractivity contribution in [3.8, 4) is 0 Å². The minimum atomic E-state index is -1.01. The molecule has 0 fully saturated rings. The van der Waals surface area contributed by atoms with Crippen molar-refractivity contribution in [2.24, 2.45) is 0 Å². The highest BCUT2D eigenvalue weighted by Crippen LogP contribution is 2.27. The summed E-state index contributed by atoms with van der Waals surface area (Å²) in [5, 5.41) is 9.67. The number of hydrogen-bond acceptors (Lipinski definition) is 4. The van der Waals surface area contributed by atoms with Gasteiger partial charge >= 0.3 is 5.97 Å². The summed E-state index contributed by atoms with van der Waals surface area (Å²) in [7, 11) is 0. The fourth-order valence-corrected chi connectivity index (χ4v) is 3.93. The van der Waals surface area contributed by atoms with Crippen LogP contribution in [0.2, 0.25) is 0 Å². The van der Waals surface area contributed by atoms with Crippen LogP contribution in [0.5, 0.6) is 0 Å². The summed E-state index contributed by atoms with van der Waals surface area (Å²) in [5.41, 5.74) is 1.60. The first-order valence-electron chi connectivity index (χ1n) is 7.76. The molecule has 0 spiro atoms. The second-order valence-corrected chi connectivity index (χ2v) is 6.75. The molecule has 3 rings (SSSR count). The quantitative estimate of drug-likeness (QED) is 0.771. The normalized spacial score (nSPS) is 11.1. The van der Waals surface area contributed by atoms with Gasteiger partial charge in [0, 0.05) is 6.54 Å². The number of thiophene rings is 1. The number of hydrogen-bond donors (Lipinski definition) is 1. The molecular weight excluding hydrogens is 324 g/mol. The Labute approximate surface area is 143 Å². The molecule has 0 bridgehead atoms. The van der Waals surface area contributed by atoms with Crippen LogP contribution in [0.15, 0.2) is 35.1 Å². The number of rotatable bonds is 5. The molecule has 2 aromatic heterocycles. The molecule has 124 valence electrons. The zero-order valence-corrected chi connectivity index (χ0v) is 14.4. The van der Waals surface area contributed by atoms with Crippen LogP contribution in [0.1, 0.15) is 33.0 Å². The van der Waals surface area contributed by atoms with E-state index in [1.165, 1.54) is 5.56 Å². The van der Waals surface area contributed by atoms with E-state index in [2.05, 4.69) is 17.1 Å². The molecule has 0 atom stereocenters. The second kappa shape index (κ2) is 6.57. The Morgan fingerprint density at radius 1 is 1.25 bits per heavy atom. The largest absolute Gasteiger partial charge is 0.477 e. The molecule has 0 radical (unpaired) electrons. The fraction of sp³-hybridized carbons (Fsp3) is 0.278. The van der Waals surface area contributed by atoms with E-state index in [1.807, 2.05) is 18.2 Å². The summed E-state index contributed by atoms with van der Waals surface area (Å²) in [6, 6.07) is 10.1. The zero-order valence-electron chi connectivity index (χ0n) is 13.6. The maximum atomic E-state index is 12.8. The van der Waals surface area contributed by atoms with Gasteiger partial charge in [0.05, 0.1) is 5.39 Å². The van der Waals surface area contributed by atoms with Gasteiger partial charge in [-0.2, -0.15) is 0 Å². The Morgan fingerprint density at radius 2 is 1.96 bits per heavy atom. The van der Waals surface area contributed by atoms with E-state index < -0.39 is 5.97 Å². The van der Waals surface area contributed by atoms with Crippen molar-refractivity contribution in [2.75, 3.05) is 0 Å². The number of aryl methyl sites for hydroxylation is 3. The van der Waals surface area contributed by atoms with Gasteiger partial charge < -0.3 is 5.11 Å². The van der Waals surface area contributed by atoms with Gasteiger partial charge in [-0.05, 0) is 37.8 Å². The van der Waals surface area contributed by atoms with Gasteiger partial charge in [0.2, 0.25) is 0 Å². The van der Waals surface area contributed by atoms with E-state index in [4.69, 9.17) is 0 Å². The third-order valence-electron chi connectivity index (χ3n) is 4.13. The third-order valence-corrected chi connectivity index (χ3v) is 5.30. The van der Waals surface area contributed by atoms with Crippen LogP contribution in [-0.2, 0) is 13.0 Å². The number of aromatic carboxylic acids is 1. The molecule has 0 saturated heterocycles. The highest BCUT2D eigenvalue weighted by molar-refractivity contribution is 7.20. The maximum absolute atomic E-state index is 12.8. The standard InChI is InChI=1S/C18H18N2O3S/c1-11-14-16(24-15(11)18(22)23)19-12(2)20(17(14)21)10-6-9-13-7-4-3-5-8-13/h3-5,7-8H,6,9-10H2,1-2H3,(H,22,23). The van der Waals surface area contributed by atoms with Crippen molar-refractivity contribution in [2.45, 2.75) is 33.2 Å². The number of aromatic nitrogens is 2. The van der Waals surface area contributed by atoms with Crippen molar-refractivity contribution >= 4 is 27.5 Å². The monoisotopic (exact) mass is 342 g/mol. The van der Waals surface area contributed by atoms with Crippen LogP contribution >= 0.6 is 11.3 Å². The van der Waals surface area contributed by atoms with Crippen LogP contribution in [-0.4, -0.2) is 20.6 Å². The predicted molar refractivity (Wildman–Crippen MR) is 95.1 cm³/mol. The van der Waals surface area contributed by atoms with E-state index in [0.29, 0.717) is 28.1 Å². The second-order valence-electron chi connectivity index (χ2n) is 5.75. The lowest BCUT2D eigenvalue weighted by molar-refractivity contribution is 0.0701. The minimum absolute atomic E-state index is 0.146. The Bertz CT molecular complexity index is 958. The fourth-order valence-electron chi connectivity index (χ4n) is 2.87. The van der Waals surface area contributed by atoms with Crippen molar-refractivity contribution in [3.05, 3.63) is 62.5 Å². The number of benzene rings is 1. The van der Waals surface area contributed by atoms with E-state index in [-0.39, 0.29) is 10.4 Å². The Morgan fingerprint density at radius 3 is 2.62 bits per heavy atom. The molecule has 0 saturated carbocycles. The van der Waals surface area contributed by atoms with Gasteiger partial charge in [-0.15, -0.1) is 11.3 Å². The Hall–Kier alpha value is -2.47. The molecule has 0 amide bonds. The topological polar surface area (TPSA) is 72.2 Å². The maximum Gasteiger partial charge on any atom is 0.346 e. The smallest absolute Gasteiger partial charge is 0.346 e. The molecule has 0 aliphatic rings. The first-order valence-corrected chi connectivity index (χ1v) is 8.58. The Balaban J connectivity index is 1.92. The van der Waals surface area contributed by atoms with Gasteiger partial charge in [-0.25, -0.2) is 9.78 Å². The van der Waals surface area contributed by atoms with Crippen molar-refractivity contribution in [3.63, 3.8) is 0 Å². The van der Waals surface area contributed by atoms with Crippen LogP contribution in [0, 0.1) is 13.8 Å². The van der Waals surface area contributed by atoms with Crippen molar-refractivity contribution < 1.29 is 9.90 Å². The van der Waals surface area contributed by atoms with E-state index in [9.17, 15) is 14.7 Å². The van der Waals surface area contributed by atoms with Gasteiger partial charge in [0.25, 0.3) is 5.56 Å². The van der Waals surface area contributed by atoms with E-state index in [1.54, 1.807) is 18.4 Å². The van der Waals surface area contributed by atoms with Crippen LogP contribution in [0.25, 0.3) is 10.2 Å². The summed E-state index contributed by atoms with van der Waals surface area (Å²) in [5.74, 6) is -0.387. The average molecular weight is 342 g/mol. The van der Waals surface area contributed by atoms with Crippen molar-refractivity contribution in [1.82, 2.24) is 9.55 Å². The summed E-state index contributed by atoms with van der Waals surface area (Å²) in [6.07, 6.45) is 1.71. The minimum Gasteiger partial charge on any atom is -0.477 e. The van der Waals surface area contributed by atoms with Crippen LogP contribution in [0.4, 0.5) is 0 Å². The number of carboxylic acids is 1. The predicted octanol–water partition coefficient (Wildman–Crippen LogP) is 3.41. The Kier molecular flexibility index (Phi) is 4.49. The molecule has 1 N–H and O–H groups in total. The third kappa shape index (κ3) is 2.97. The zero-order chi connectivity index (χ0) is 17.3. The first kappa shape index (κ1) is 16.4. The number of carboxylic acid groups (broad SMARTS) is 1. The van der Waals surface area contributed by atoms with Gasteiger partial charge in [0.15, 0.2) is 0 Å². The summed E-state index contributed by atoms with van der Waals surface area (Å²) >= 11 is 1.07. The van der Waals surface area contributed by atoms with Gasteiger partial charge in [-0.1, -0.05) is 30.3 Å². The van der Waals surface area contributed by atoms with Crippen LogP contribution in [0.3, 0.4) is 0 Å². The SMILES string of the molecule is Cc1c(C(=O)O)sc2nc(C)n(CCCc3ccccc3)c(=O)c12. The summed E-state index contributed by atoms with van der Waals surface area (Å²) in [6.45, 7) is 4.04. The molecule has 1 aromatic carbocycles. The first-order chi connectivity index (χ1) is 11.5. The molecule has 2 heterocycles. The molecule has 6 heteroatoms.